The molecule has 0 heterocycles. The van der Waals surface area contributed by atoms with Crippen molar-refractivity contribution in [2.24, 2.45) is 0 Å². The van der Waals surface area contributed by atoms with E-state index in [-0.39, 0.29) is 6.42 Å². The summed E-state index contributed by atoms with van der Waals surface area (Å²) in [5.74, 6) is -0.429. The summed E-state index contributed by atoms with van der Waals surface area (Å²) in [7, 11) is 0.717. The summed E-state index contributed by atoms with van der Waals surface area (Å²) in [6.45, 7) is 1.62. The van der Waals surface area contributed by atoms with Crippen LogP contribution in [-0.2, 0) is 23.1 Å². The quantitative estimate of drug-likeness (QED) is 0.507. The van der Waals surface area contributed by atoms with Gasteiger partial charge in [-0.25, -0.2) is 0 Å². The summed E-state index contributed by atoms with van der Waals surface area (Å²) in [6.07, 6.45) is 0.0233. The first kappa shape index (κ1) is 12.6. The maximum absolute atomic E-state index is 11.6. The third kappa shape index (κ3) is 3.46. The van der Waals surface area contributed by atoms with Gasteiger partial charge in [0.15, 0.2) is 0 Å². The van der Waals surface area contributed by atoms with Crippen molar-refractivity contribution in [2.75, 3.05) is 21.3 Å². The van der Waals surface area contributed by atoms with E-state index in [2.05, 4.69) is 4.74 Å². The average molecular weight is 210 g/mol. The number of rotatable bonds is 5. The maximum atomic E-state index is 11.6. The first-order valence-electron chi connectivity index (χ1n) is 3.78. The van der Waals surface area contributed by atoms with E-state index in [4.69, 9.17) is 9.05 Å². The van der Waals surface area contributed by atoms with Crippen molar-refractivity contribution in [3.63, 3.8) is 0 Å². The highest BCUT2D eigenvalue weighted by atomic mass is 31.2. The van der Waals surface area contributed by atoms with Gasteiger partial charge in [-0.2, -0.15) is 0 Å². The second-order valence-corrected chi connectivity index (χ2v) is 5.23. The molecule has 0 aromatic heterocycles. The molecule has 0 aliphatic heterocycles. The molecule has 78 valence electrons. The van der Waals surface area contributed by atoms with Crippen molar-refractivity contribution in [3.05, 3.63) is 0 Å². The Morgan fingerprint density at radius 3 is 2.08 bits per heavy atom. The van der Waals surface area contributed by atoms with E-state index in [1.807, 2.05) is 0 Å². The van der Waals surface area contributed by atoms with Crippen LogP contribution >= 0.6 is 7.60 Å². The summed E-state index contributed by atoms with van der Waals surface area (Å²) >= 11 is 0. The third-order valence-corrected chi connectivity index (χ3v) is 4.02. The van der Waals surface area contributed by atoms with E-state index in [0.717, 1.165) is 0 Å². The number of carbonyl (C=O) groups is 1. The summed E-state index contributed by atoms with van der Waals surface area (Å²) in [6, 6.07) is 0. The second-order valence-electron chi connectivity index (χ2n) is 2.53. The van der Waals surface area contributed by atoms with E-state index in [1.165, 1.54) is 21.3 Å². The Labute approximate surface area is 77.9 Å². The molecule has 0 bridgehead atoms. The van der Waals surface area contributed by atoms with Gasteiger partial charge in [0.1, 0.15) is 0 Å². The summed E-state index contributed by atoms with van der Waals surface area (Å²) in [5, 5.41) is 0. The summed E-state index contributed by atoms with van der Waals surface area (Å²) in [4.78, 5) is 10.8. The lowest BCUT2D eigenvalue weighted by molar-refractivity contribution is -0.140. The molecular weight excluding hydrogens is 195 g/mol. The van der Waals surface area contributed by atoms with Crippen LogP contribution < -0.4 is 0 Å². The van der Waals surface area contributed by atoms with Crippen molar-refractivity contribution >= 4 is 13.6 Å². The normalized spacial score (nSPS) is 13.8. The molecule has 1 atom stereocenters. The minimum absolute atomic E-state index is 0.0233. The van der Waals surface area contributed by atoms with Crippen molar-refractivity contribution in [2.45, 2.75) is 19.0 Å². The minimum Gasteiger partial charge on any atom is -0.469 e. The largest absolute Gasteiger partial charge is 0.469 e. The fourth-order valence-electron chi connectivity index (χ4n) is 0.871. The molecule has 0 fully saturated rings. The van der Waals surface area contributed by atoms with Crippen LogP contribution in [0.4, 0.5) is 0 Å². The van der Waals surface area contributed by atoms with Crippen LogP contribution in [0.25, 0.3) is 0 Å². The van der Waals surface area contributed by atoms with Crippen LogP contribution in [0.3, 0.4) is 0 Å². The monoisotopic (exact) mass is 210 g/mol. The number of ether oxygens (including phenoxy) is 1. The lowest BCUT2D eigenvalue weighted by Gasteiger charge is -2.19. The van der Waals surface area contributed by atoms with E-state index in [1.54, 1.807) is 6.92 Å². The van der Waals surface area contributed by atoms with Crippen molar-refractivity contribution in [1.82, 2.24) is 0 Å². The molecule has 0 N–H and O–H groups in total. The Kier molecular flexibility index (Phi) is 5.21. The van der Waals surface area contributed by atoms with E-state index >= 15 is 0 Å². The van der Waals surface area contributed by atoms with Gasteiger partial charge in [0.05, 0.1) is 19.2 Å². The lowest BCUT2D eigenvalue weighted by atomic mass is 10.3. The Bertz CT molecular complexity index is 207. The van der Waals surface area contributed by atoms with Crippen molar-refractivity contribution < 1.29 is 23.1 Å². The standard InChI is InChI=1S/C7H15O5P/c1-6(5-7(8)10-2)13(9,11-3)12-4/h6H,5H2,1-4H3/t6-/m0/s1. The molecule has 0 aliphatic carbocycles. The Balaban J connectivity index is 4.31. The van der Waals surface area contributed by atoms with Crippen LogP contribution in [0.15, 0.2) is 0 Å². The van der Waals surface area contributed by atoms with Crippen molar-refractivity contribution in [1.29, 1.82) is 0 Å². The van der Waals surface area contributed by atoms with Gasteiger partial charge in [-0.1, -0.05) is 6.92 Å². The van der Waals surface area contributed by atoms with Crippen LogP contribution in [0, 0.1) is 0 Å². The molecule has 0 aromatic rings. The predicted octanol–water partition coefficient (Wildman–Crippen LogP) is 1.42. The Hall–Kier alpha value is -0.380. The highest BCUT2D eigenvalue weighted by molar-refractivity contribution is 7.54. The molecule has 5 nitrogen and oxygen atoms in total. The lowest BCUT2D eigenvalue weighted by Crippen LogP contribution is -2.13. The number of methoxy groups -OCH3 is 1. The molecule has 0 aliphatic rings. The van der Waals surface area contributed by atoms with E-state index in [9.17, 15) is 9.36 Å². The maximum Gasteiger partial charge on any atom is 0.333 e. The van der Waals surface area contributed by atoms with E-state index < -0.39 is 19.2 Å². The first-order valence-corrected chi connectivity index (χ1v) is 5.39. The van der Waals surface area contributed by atoms with E-state index in [0.29, 0.717) is 0 Å². The van der Waals surface area contributed by atoms with Crippen molar-refractivity contribution in [3.8, 4) is 0 Å². The SMILES string of the molecule is COC(=O)C[C@H](C)P(=O)(OC)OC. The summed E-state index contributed by atoms with van der Waals surface area (Å²) < 4.78 is 25.5. The number of hydrogen-bond donors (Lipinski definition) is 0. The molecule has 0 unspecified atom stereocenters. The Morgan fingerprint density at radius 1 is 1.31 bits per heavy atom. The smallest absolute Gasteiger partial charge is 0.333 e. The van der Waals surface area contributed by atoms with Gasteiger partial charge >= 0.3 is 13.6 Å². The highest BCUT2D eigenvalue weighted by Gasteiger charge is 2.31. The van der Waals surface area contributed by atoms with Crippen LogP contribution in [0.5, 0.6) is 0 Å². The molecule has 6 heteroatoms. The number of carbonyl (C=O) groups excluding carboxylic acids is 1. The molecule has 0 rings (SSSR count). The van der Waals surface area contributed by atoms with Gasteiger partial charge < -0.3 is 13.8 Å². The molecule has 0 aromatic carbocycles. The van der Waals surface area contributed by atoms with Crippen LogP contribution in [-0.4, -0.2) is 33.0 Å². The molecule has 0 saturated heterocycles. The number of esters is 1. The van der Waals surface area contributed by atoms with Gasteiger partial charge in [0.2, 0.25) is 0 Å². The molecule has 0 saturated carbocycles. The second kappa shape index (κ2) is 5.37. The Morgan fingerprint density at radius 2 is 1.77 bits per heavy atom. The highest BCUT2D eigenvalue weighted by Crippen LogP contribution is 2.52. The molecular formula is C7H15O5P. The minimum atomic E-state index is -3.14. The predicted molar refractivity (Wildman–Crippen MR) is 47.7 cm³/mol. The molecule has 0 amide bonds. The zero-order chi connectivity index (χ0) is 10.5. The zero-order valence-corrected chi connectivity index (χ0v) is 9.17. The van der Waals surface area contributed by atoms with Gasteiger partial charge in [-0.15, -0.1) is 0 Å². The number of hydrogen-bond acceptors (Lipinski definition) is 5. The fourth-order valence-corrected chi connectivity index (χ4v) is 2.11. The van der Waals surface area contributed by atoms with Gasteiger partial charge in [0.25, 0.3) is 0 Å². The van der Waals surface area contributed by atoms with Gasteiger partial charge in [-0.3, -0.25) is 9.36 Å². The third-order valence-electron chi connectivity index (χ3n) is 1.74. The fraction of sp³-hybridized carbons (Fsp3) is 0.857. The zero-order valence-electron chi connectivity index (χ0n) is 8.27. The average Bonchev–Trinajstić information content (AvgIpc) is 2.16. The molecule has 0 spiro atoms. The van der Waals surface area contributed by atoms with Crippen LogP contribution in [0.2, 0.25) is 0 Å². The molecule has 0 radical (unpaired) electrons. The van der Waals surface area contributed by atoms with Gasteiger partial charge in [0, 0.05) is 14.2 Å². The first-order chi connectivity index (χ1) is 6.00. The van der Waals surface area contributed by atoms with Crippen LogP contribution in [0.1, 0.15) is 13.3 Å². The topological polar surface area (TPSA) is 61.8 Å². The summed E-state index contributed by atoms with van der Waals surface area (Å²) in [5.41, 5.74) is -0.491. The van der Waals surface area contributed by atoms with Gasteiger partial charge in [-0.05, 0) is 0 Å². The molecule has 13 heavy (non-hydrogen) atoms.